The van der Waals surface area contributed by atoms with Crippen LogP contribution in [-0.2, 0) is 42.7 Å². The van der Waals surface area contributed by atoms with Gasteiger partial charge in [-0.05, 0) is 180 Å². The third kappa shape index (κ3) is 15.0. The van der Waals surface area contributed by atoms with Gasteiger partial charge in [0.2, 0.25) is 0 Å². The van der Waals surface area contributed by atoms with Crippen molar-refractivity contribution in [2.75, 3.05) is 9.80 Å². The molecule has 0 saturated heterocycles. The van der Waals surface area contributed by atoms with Crippen molar-refractivity contribution in [2.45, 2.75) is 105 Å². The van der Waals surface area contributed by atoms with Crippen LogP contribution in [-0.4, -0.2) is 40.1 Å². The van der Waals surface area contributed by atoms with Gasteiger partial charge in [0, 0.05) is 71.9 Å². The minimum atomic E-state index is -0.0921. The van der Waals surface area contributed by atoms with E-state index in [0.717, 1.165) is 94.5 Å². The molecule has 570 valence electrons. The SMILES string of the molecule is CC(C)(C)c1cc(-c2cc(-c3nc(-c4ccccc4O)nc4c3oc3ccccc34)[c-]c(N(c3ccccn3)c3cccc4ccccc34)c2)cc(C(C)(C)C)c1.CC(C)(C)c1cc(-c2cc(-c3nc(-c4ccccc4O)nc4c3oc3ccccc34)cc(N(c3ccccn3)c3cccc4ccccc34)c2)cc(C(C)(C)C)c1.[Pt]. The molecule has 0 fully saturated rings. The maximum absolute atomic E-state index is 11.1. The molecule has 18 aromatic rings. The fraction of sp³-hybridized carbons (Fsp3) is 0.157. The van der Waals surface area contributed by atoms with E-state index in [-0.39, 0.29) is 54.2 Å². The Bertz CT molecular complexity index is 6240. The number of hydrogen-bond donors (Lipinski definition) is 2. The second-order valence-corrected chi connectivity index (χ2v) is 33.5. The minimum absolute atomic E-state index is 0. The summed E-state index contributed by atoms with van der Waals surface area (Å²) in [6, 6.07) is 101. The van der Waals surface area contributed by atoms with E-state index in [0.29, 0.717) is 73.1 Å². The molecule has 0 radical (unpaired) electrons. The number of furan rings is 2. The predicted octanol–water partition coefficient (Wildman–Crippen LogP) is 27.2. The van der Waals surface area contributed by atoms with Gasteiger partial charge in [0.05, 0.1) is 22.5 Å². The molecule has 6 aromatic heterocycles. The minimum Gasteiger partial charge on any atom is -0.507 e. The van der Waals surface area contributed by atoms with Crippen molar-refractivity contribution < 1.29 is 40.1 Å². The molecule has 0 unspecified atom stereocenters. The maximum atomic E-state index is 11.1. The van der Waals surface area contributed by atoms with Gasteiger partial charge in [-0.25, -0.2) is 24.9 Å². The fourth-order valence-electron chi connectivity index (χ4n) is 15.0. The molecule has 0 saturated carbocycles. The third-order valence-electron chi connectivity index (χ3n) is 21.3. The Hall–Kier alpha value is -12.9. The van der Waals surface area contributed by atoms with Crippen molar-refractivity contribution in [1.29, 1.82) is 0 Å². The number of rotatable bonds is 12. The smallest absolute Gasteiger partial charge is 0.180 e. The number of phenolic OH excluding ortho intramolecular Hbond substituents is 2. The Balaban J connectivity index is 0.000000171. The molecule has 0 bridgehead atoms. The Morgan fingerprint density at radius 1 is 0.330 bits per heavy atom. The standard InChI is InChI=1S/C51H44N4O2.C51H43N4O2.Pt/c2*1-50(2,3)36-27-34(28-37(31-36)51(4,5)6)33-26-35(30-38(29-33)55(45-24-13-14-25-52-45)42-21-15-17-32-16-7-8-18-39(32)42)46-48-47(41-20-10-12-23-44(41)57-48)54-49(53-46)40-19-9-11-22-43(40)56;/h7-31,56H,1-6H3;7-29,31,56H,1-6H3;/q;-1;. The summed E-state index contributed by atoms with van der Waals surface area (Å²) < 4.78 is 13.3. The third-order valence-corrected chi connectivity index (χ3v) is 21.3. The van der Waals surface area contributed by atoms with Crippen LogP contribution in [0.1, 0.15) is 105 Å². The van der Waals surface area contributed by atoms with E-state index in [1.54, 1.807) is 24.3 Å². The number of aromatic hydroxyl groups is 2. The zero-order chi connectivity index (χ0) is 79.0. The van der Waals surface area contributed by atoms with Crippen LogP contribution in [0, 0.1) is 6.07 Å². The molecule has 0 aliphatic carbocycles. The summed E-state index contributed by atoms with van der Waals surface area (Å²) in [5.74, 6) is 2.54. The van der Waals surface area contributed by atoms with Gasteiger partial charge in [-0.15, -0.1) is 23.8 Å². The van der Waals surface area contributed by atoms with Crippen molar-refractivity contribution in [2.24, 2.45) is 0 Å². The van der Waals surface area contributed by atoms with Crippen molar-refractivity contribution in [3.8, 4) is 79.0 Å². The van der Waals surface area contributed by atoms with E-state index in [1.807, 2.05) is 122 Å². The van der Waals surface area contributed by atoms with E-state index in [1.165, 1.54) is 22.3 Å². The number of fused-ring (bicyclic) bond motifs is 8. The van der Waals surface area contributed by atoms with Crippen molar-refractivity contribution in [1.82, 2.24) is 29.9 Å². The molecule has 0 aliphatic rings. The zero-order valence-corrected chi connectivity index (χ0v) is 68.7. The van der Waals surface area contributed by atoms with Crippen molar-refractivity contribution >= 4 is 100 Å². The zero-order valence-electron chi connectivity index (χ0n) is 66.4. The topological polar surface area (TPSA) is 151 Å². The second-order valence-electron chi connectivity index (χ2n) is 33.5. The summed E-state index contributed by atoms with van der Waals surface area (Å²) in [7, 11) is 0. The van der Waals surface area contributed by atoms with Gasteiger partial charge in [0.1, 0.15) is 56.6 Å². The molecule has 0 amide bonds. The summed E-state index contributed by atoms with van der Waals surface area (Å²) in [6.07, 6.45) is 3.66. The number of pyridine rings is 2. The maximum Gasteiger partial charge on any atom is 0.180 e. The number of hydrogen-bond acceptors (Lipinski definition) is 12. The Kier molecular flexibility index (Phi) is 20.0. The molecule has 2 N–H and O–H groups in total. The molecule has 18 rings (SSSR count). The molecule has 0 atom stereocenters. The predicted molar refractivity (Wildman–Crippen MR) is 468 cm³/mol. The Morgan fingerprint density at radius 2 is 0.713 bits per heavy atom. The number of benzene rings is 12. The molecular formula is C102H87N8O4Pt-. The van der Waals surface area contributed by atoms with Gasteiger partial charge < -0.3 is 23.9 Å². The van der Waals surface area contributed by atoms with Crippen LogP contribution in [0.3, 0.4) is 0 Å². The normalized spacial score (nSPS) is 12.0. The molecule has 0 spiro atoms. The first-order valence-electron chi connectivity index (χ1n) is 38.7. The van der Waals surface area contributed by atoms with E-state index in [9.17, 15) is 10.2 Å². The largest absolute Gasteiger partial charge is 0.507 e. The van der Waals surface area contributed by atoms with Crippen molar-refractivity contribution in [3.63, 3.8) is 0 Å². The number of aromatic nitrogens is 6. The van der Waals surface area contributed by atoms with E-state index >= 15 is 0 Å². The van der Waals surface area contributed by atoms with Crippen LogP contribution in [0.15, 0.2) is 306 Å². The Labute approximate surface area is 684 Å². The van der Waals surface area contributed by atoms with Gasteiger partial charge in [-0.1, -0.05) is 259 Å². The molecule has 12 aromatic carbocycles. The van der Waals surface area contributed by atoms with Crippen LogP contribution >= 0.6 is 0 Å². The molecule has 0 aliphatic heterocycles. The van der Waals surface area contributed by atoms with E-state index in [2.05, 4.69) is 251 Å². The molecular weight excluding hydrogens is 1600 g/mol. The van der Waals surface area contributed by atoms with Gasteiger partial charge in [-0.2, -0.15) is 0 Å². The number of para-hydroxylation sites is 4. The fourth-order valence-corrected chi connectivity index (χ4v) is 15.0. The number of nitrogens with zero attached hydrogens (tertiary/aromatic N) is 8. The van der Waals surface area contributed by atoms with Crippen LogP contribution in [0.5, 0.6) is 11.5 Å². The second kappa shape index (κ2) is 30.2. The average molecular weight is 1680 g/mol. The molecule has 115 heavy (non-hydrogen) atoms. The monoisotopic (exact) mass is 1680 g/mol. The van der Waals surface area contributed by atoms with E-state index in [4.69, 9.17) is 38.7 Å². The molecule has 12 nitrogen and oxygen atoms in total. The Morgan fingerprint density at radius 3 is 1.18 bits per heavy atom. The van der Waals surface area contributed by atoms with Gasteiger partial charge in [0.25, 0.3) is 0 Å². The van der Waals surface area contributed by atoms with Crippen LogP contribution in [0.2, 0.25) is 0 Å². The van der Waals surface area contributed by atoms with Gasteiger partial charge in [-0.3, -0.25) is 9.88 Å². The number of anilines is 6. The van der Waals surface area contributed by atoms with E-state index < -0.39 is 0 Å². The summed E-state index contributed by atoms with van der Waals surface area (Å²) in [6.45, 7) is 27.2. The van der Waals surface area contributed by atoms with Crippen molar-refractivity contribution in [3.05, 3.63) is 326 Å². The molecule has 13 heteroatoms. The summed E-state index contributed by atoms with van der Waals surface area (Å²) in [5, 5.41) is 28.3. The van der Waals surface area contributed by atoms with Gasteiger partial charge >= 0.3 is 0 Å². The summed E-state index contributed by atoms with van der Waals surface area (Å²) in [5.41, 5.74) is 20.2. The molecule has 6 heterocycles. The first-order chi connectivity index (χ1) is 54.8. The first kappa shape index (κ1) is 76.1. The number of phenols is 2. The van der Waals surface area contributed by atoms with Gasteiger partial charge in [0.15, 0.2) is 17.2 Å². The van der Waals surface area contributed by atoms with Crippen LogP contribution in [0.25, 0.3) is 133 Å². The van der Waals surface area contributed by atoms with Crippen LogP contribution in [0.4, 0.5) is 34.4 Å². The first-order valence-corrected chi connectivity index (χ1v) is 38.7. The van der Waals surface area contributed by atoms with Crippen LogP contribution < -0.4 is 9.80 Å². The summed E-state index contributed by atoms with van der Waals surface area (Å²) in [4.78, 5) is 34.8. The average Bonchev–Trinajstić information content (AvgIpc) is 1.66. The summed E-state index contributed by atoms with van der Waals surface area (Å²) >= 11 is 0. The quantitative estimate of drug-likeness (QED) is 0.112.